The van der Waals surface area contributed by atoms with Crippen LogP contribution in [0.25, 0.3) is 11.1 Å². The fourth-order valence-electron chi connectivity index (χ4n) is 3.04. The third-order valence-corrected chi connectivity index (χ3v) is 4.42. The second-order valence-electron chi connectivity index (χ2n) is 6.47. The molecule has 0 spiro atoms. The molecule has 0 radical (unpaired) electrons. The number of aliphatic carboxylic acids is 1. The molecule has 0 aliphatic rings. The average Bonchev–Trinajstić information content (AvgIpc) is 2.73. The third-order valence-electron chi connectivity index (χ3n) is 4.42. The molecule has 0 aliphatic carbocycles. The zero-order chi connectivity index (χ0) is 19.8. The predicted molar refractivity (Wildman–Crippen MR) is 111 cm³/mol. The van der Waals surface area contributed by atoms with Crippen molar-refractivity contribution in [2.24, 2.45) is 0 Å². The van der Waals surface area contributed by atoms with Crippen LogP contribution in [0.15, 0.2) is 78.9 Å². The van der Waals surface area contributed by atoms with Gasteiger partial charge in [0.15, 0.2) is 0 Å². The maximum Gasteiger partial charge on any atom is 0.304 e. The van der Waals surface area contributed by atoms with Crippen LogP contribution < -0.4 is 4.74 Å². The minimum Gasteiger partial charge on any atom is -0.489 e. The number of hydrogen-bond donors (Lipinski definition) is 1. The van der Waals surface area contributed by atoms with Crippen molar-refractivity contribution in [3.63, 3.8) is 0 Å². The quantitative estimate of drug-likeness (QED) is 0.558. The topological polar surface area (TPSA) is 46.5 Å². The Labute approximate surface area is 165 Å². The summed E-state index contributed by atoms with van der Waals surface area (Å²) in [5, 5.41) is 9.05. The molecule has 140 valence electrons. The van der Waals surface area contributed by atoms with E-state index in [0.717, 1.165) is 22.4 Å². The second-order valence-corrected chi connectivity index (χ2v) is 6.47. The third kappa shape index (κ3) is 5.25. The molecule has 3 aromatic rings. The van der Waals surface area contributed by atoms with Gasteiger partial charge < -0.3 is 9.84 Å². The lowest BCUT2D eigenvalue weighted by molar-refractivity contribution is -0.137. The van der Waals surface area contributed by atoms with E-state index < -0.39 is 5.97 Å². The van der Waals surface area contributed by atoms with Crippen LogP contribution in [-0.2, 0) is 11.4 Å². The van der Waals surface area contributed by atoms with Crippen molar-refractivity contribution in [2.45, 2.75) is 25.9 Å². The Hall–Kier alpha value is -3.51. The van der Waals surface area contributed by atoms with Crippen molar-refractivity contribution in [2.75, 3.05) is 0 Å². The van der Waals surface area contributed by atoms with E-state index in [0.29, 0.717) is 6.61 Å². The summed E-state index contributed by atoms with van der Waals surface area (Å²) in [5.74, 6) is 5.35. The largest absolute Gasteiger partial charge is 0.489 e. The zero-order valence-corrected chi connectivity index (χ0v) is 15.8. The van der Waals surface area contributed by atoms with Gasteiger partial charge in [-0.05, 0) is 47.4 Å². The van der Waals surface area contributed by atoms with Crippen molar-refractivity contribution in [3.05, 3.63) is 90.0 Å². The number of hydrogen-bond acceptors (Lipinski definition) is 2. The maximum atomic E-state index is 11.0. The van der Waals surface area contributed by atoms with E-state index in [1.54, 1.807) is 6.92 Å². The molecule has 1 atom stereocenters. The summed E-state index contributed by atoms with van der Waals surface area (Å²) in [6, 6.07) is 26.0. The minimum atomic E-state index is -0.855. The zero-order valence-electron chi connectivity index (χ0n) is 15.8. The van der Waals surface area contributed by atoms with Crippen LogP contribution in [-0.4, -0.2) is 11.1 Å². The lowest BCUT2D eigenvalue weighted by atomic mass is 9.96. The molecular weight excluding hydrogens is 348 g/mol. The van der Waals surface area contributed by atoms with Crippen molar-refractivity contribution in [3.8, 4) is 28.7 Å². The molecule has 1 N–H and O–H groups in total. The lowest BCUT2D eigenvalue weighted by Gasteiger charge is -2.11. The number of benzene rings is 3. The van der Waals surface area contributed by atoms with Gasteiger partial charge in [-0.15, -0.1) is 5.92 Å². The standard InChI is InChI=1S/C25H22O3/c1-2-7-22(17-25(26)27)21-12-14-24(15-13-21)28-18-19-8-6-11-23(16-19)20-9-4-3-5-10-20/h3-6,8-16,22H,17-18H2,1H3,(H,26,27). The van der Waals surface area contributed by atoms with Gasteiger partial charge in [0.05, 0.1) is 12.3 Å². The van der Waals surface area contributed by atoms with E-state index in [2.05, 4.69) is 36.1 Å². The summed E-state index contributed by atoms with van der Waals surface area (Å²) in [7, 11) is 0. The van der Waals surface area contributed by atoms with E-state index in [1.807, 2.05) is 54.6 Å². The Kier molecular flexibility index (Phi) is 6.49. The number of ether oxygens (including phenoxy) is 1. The van der Waals surface area contributed by atoms with Crippen LogP contribution in [0.1, 0.15) is 30.4 Å². The predicted octanol–water partition coefficient (Wildman–Crippen LogP) is 5.51. The molecule has 0 saturated carbocycles. The van der Waals surface area contributed by atoms with E-state index in [4.69, 9.17) is 9.84 Å². The molecule has 28 heavy (non-hydrogen) atoms. The van der Waals surface area contributed by atoms with Crippen LogP contribution in [0, 0.1) is 11.8 Å². The van der Waals surface area contributed by atoms with Crippen molar-refractivity contribution < 1.29 is 14.6 Å². The van der Waals surface area contributed by atoms with Gasteiger partial charge in [0.1, 0.15) is 12.4 Å². The highest BCUT2D eigenvalue weighted by Crippen LogP contribution is 2.24. The first kappa shape index (κ1) is 19.3. The fourth-order valence-corrected chi connectivity index (χ4v) is 3.04. The SMILES string of the molecule is CC#CC(CC(=O)O)c1ccc(OCc2cccc(-c3ccccc3)c2)cc1. The number of rotatable bonds is 7. The Balaban J connectivity index is 1.66. The van der Waals surface area contributed by atoms with Gasteiger partial charge in [0, 0.05) is 0 Å². The average molecular weight is 370 g/mol. The van der Waals surface area contributed by atoms with E-state index >= 15 is 0 Å². The first-order chi connectivity index (χ1) is 13.7. The van der Waals surface area contributed by atoms with Gasteiger partial charge in [-0.25, -0.2) is 0 Å². The summed E-state index contributed by atoms with van der Waals surface area (Å²) < 4.78 is 5.91. The van der Waals surface area contributed by atoms with Crippen molar-refractivity contribution in [1.82, 2.24) is 0 Å². The van der Waals surface area contributed by atoms with Gasteiger partial charge in [-0.3, -0.25) is 4.79 Å². The molecule has 3 heteroatoms. The number of carboxylic acid groups (broad SMARTS) is 1. The van der Waals surface area contributed by atoms with E-state index in [1.165, 1.54) is 5.56 Å². The normalized spacial score (nSPS) is 11.2. The van der Waals surface area contributed by atoms with Gasteiger partial charge in [-0.2, -0.15) is 0 Å². The monoisotopic (exact) mass is 370 g/mol. The molecule has 1 unspecified atom stereocenters. The smallest absolute Gasteiger partial charge is 0.304 e. The first-order valence-corrected chi connectivity index (χ1v) is 9.17. The van der Waals surface area contributed by atoms with Crippen LogP contribution in [0.4, 0.5) is 0 Å². The molecule has 3 nitrogen and oxygen atoms in total. The van der Waals surface area contributed by atoms with Crippen LogP contribution in [0.2, 0.25) is 0 Å². The Bertz CT molecular complexity index is 980. The van der Waals surface area contributed by atoms with Crippen LogP contribution >= 0.6 is 0 Å². The highest BCUT2D eigenvalue weighted by Gasteiger charge is 2.13. The molecule has 0 aromatic heterocycles. The highest BCUT2D eigenvalue weighted by molar-refractivity contribution is 5.69. The Morgan fingerprint density at radius 1 is 0.964 bits per heavy atom. The van der Waals surface area contributed by atoms with Gasteiger partial charge >= 0.3 is 5.97 Å². The Morgan fingerprint density at radius 3 is 2.36 bits per heavy atom. The van der Waals surface area contributed by atoms with Gasteiger partial charge in [0.25, 0.3) is 0 Å². The van der Waals surface area contributed by atoms with Gasteiger partial charge in [0.2, 0.25) is 0 Å². The maximum absolute atomic E-state index is 11.0. The second kappa shape index (κ2) is 9.43. The summed E-state index contributed by atoms with van der Waals surface area (Å²) in [4.78, 5) is 11.0. The molecule has 0 saturated heterocycles. The van der Waals surface area contributed by atoms with Gasteiger partial charge in [-0.1, -0.05) is 66.6 Å². The number of carboxylic acids is 1. The molecule has 0 bridgehead atoms. The Morgan fingerprint density at radius 2 is 1.68 bits per heavy atom. The summed E-state index contributed by atoms with van der Waals surface area (Å²) >= 11 is 0. The molecule has 3 rings (SSSR count). The molecule has 3 aromatic carbocycles. The highest BCUT2D eigenvalue weighted by atomic mass is 16.5. The lowest BCUT2D eigenvalue weighted by Crippen LogP contribution is -2.04. The number of carbonyl (C=O) groups is 1. The van der Waals surface area contributed by atoms with Crippen molar-refractivity contribution >= 4 is 5.97 Å². The molecule has 0 fully saturated rings. The molecule has 0 amide bonds. The van der Waals surface area contributed by atoms with E-state index in [9.17, 15) is 4.79 Å². The summed E-state index contributed by atoms with van der Waals surface area (Å²) in [6.45, 7) is 2.18. The van der Waals surface area contributed by atoms with Crippen LogP contribution in [0.5, 0.6) is 5.75 Å². The molecular formula is C25H22O3. The van der Waals surface area contributed by atoms with E-state index in [-0.39, 0.29) is 12.3 Å². The van der Waals surface area contributed by atoms with Crippen LogP contribution in [0.3, 0.4) is 0 Å². The van der Waals surface area contributed by atoms with Crippen molar-refractivity contribution in [1.29, 1.82) is 0 Å². The molecule has 0 heterocycles. The summed E-state index contributed by atoms with van der Waals surface area (Å²) in [6.07, 6.45) is -0.00663. The molecule has 0 aliphatic heterocycles. The summed E-state index contributed by atoms with van der Waals surface area (Å²) in [5.41, 5.74) is 4.31. The first-order valence-electron chi connectivity index (χ1n) is 9.17. The fraction of sp³-hybridized carbons (Fsp3) is 0.160. The minimum absolute atomic E-state index is 0.00663.